The highest BCUT2D eigenvalue weighted by Crippen LogP contribution is 2.26. The predicted octanol–water partition coefficient (Wildman–Crippen LogP) is 3.15. The monoisotopic (exact) mass is 324 g/mol. The second kappa shape index (κ2) is 6.14. The molecule has 0 saturated carbocycles. The van der Waals surface area contributed by atoms with Gasteiger partial charge in [0, 0.05) is 4.47 Å². The number of hydrogen-bond donors (Lipinski definition) is 2. The molecule has 3 N–H and O–H groups in total. The van der Waals surface area contributed by atoms with Gasteiger partial charge in [-0.1, -0.05) is 34.1 Å². The molecule has 100 valence electrons. The van der Waals surface area contributed by atoms with E-state index in [-0.39, 0.29) is 11.8 Å². The van der Waals surface area contributed by atoms with Gasteiger partial charge in [0.1, 0.15) is 0 Å². The third kappa shape index (κ3) is 3.12. The first-order chi connectivity index (χ1) is 9.15. The number of nitrogens with one attached hydrogen (secondary N) is 1. The lowest BCUT2D eigenvalue weighted by molar-refractivity contribution is 0.385. The maximum absolute atomic E-state index is 13.7. The van der Waals surface area contributed by atoms with Crippen LogP contribution in [0.4, 0.5) is 4.39 Å². The van der Waals surface area contributed by atoms with Gasteiger partial charge in [0.25, 0.3) is 0 Å². The van der Waals surface area contributed by atoms with Crippen LogP contribution in [0.3, 0.4) is 0 Å². The minimum absolute atomic E-state index is 0.218. The summed E-state index contributed by atoms with van der Waals surface area (Å²) in [6.07, 6.45) is 0. The molecule has 0 bridgehead atoms. The van der Waals surface area contributed by atoms with Crippen molar-refractivity contribution in [1.29, 1.82) is 0 Å². The molecule has 0 spiro atoms. The smallest absolute Gasteiger partial charge is 0.165 e. The lowest BCUT2D eigenvalue weighted by Gasteiger charge is -2.17. The summed E-state index contributed by atoms with van der Waals surface area (Å²) in [5, 5.41) is 0. The van der Waals surface area contributed by atoms with E-state index in [1.165, 1.54) is 13.2 Å². The molecule has 0 aliphatic carbocycles. The van der Waals surface area contributed by atoms with E-state index < -0.39 is 5.82 Å². The average molecular weight is 325 g/mol. The van der Waals surface area contributed by atoms with Crippen LogP contribution in [0.2, 0.25) is 0 Å². The van der Waals surface area contributed by atoms with Crippen LogP contribution in [0.15, 0.2) is 46.9 Å². The van der Waals surface area contributed by atoms with Crippen LogP contribution in [0.25, 0.3) is 0 Å². The lowest BCUT2D eigenvalue weighted by atomic mass is 9.99. The third-order valence-electron chi connectivity index (χ3n) is 2.88. The third-order valence-corrected chi connectivity index (χ3v) is 3.41. The molecule has 0 amide bonds. The van der Waals surface area contributed by atoms with Crippen LogP contribution < -0.4 is 16.0 Å². The Hall–Kier alpha value is -1.43. The number of nitrogens with two attached hydrogens (primary N) is 1. The SMILES string of the molecule is COc1ccc(C(NN)c2ccc(Br)cc2)cc1F. The summed E-state index contributed by atoms with van der Waals surface area (Å²) in [5.41, 5.74) is 4.39. The number of hydrazine groups is 1. The van der Waals surface area contributed by atoms with Crippen molar-refractivity contribution in [3.05, 3.63) is 63.9 Å². The van der Waals surface area contributed by atoms with Crippen molar-refractivity contribution in [1.82, 2.24) is 5.43 Å². The first kappa shape index (κ1) is 14.0. The molecule has 2 aromatic rings. The van der Waals surface area contributed by atoms with Crippen LogP contribution in [0.5, 0.6) is 5.75 Å². The molecule has 0 fully saturated rings. The molecule has 0 aromatic heterocycles. The summed E-state index contributed by atoms with van der Waals surface area (Å²) in [6, 6.07) is 12.2. The largest absolute Gasteiger partial charge is 0.494 e. The predicted molar refractivity (Wildman–Crippen MR) is 76.3 cm³/mol. The summed E-state index contributed by atoms with van der Waals surface area (Å²) >= 11 is 3.38. The van der Waals surface area contributed by atoms with Gasteiger partial charge < -0.3 is 4.74 Å². The molecular weight excluding hydrogens is 311 g/mol. The first-order valence-electron chi connectivity index (χ1n) is 5.70. The Balaban J connectivity index is 2.36. The van der Waals surface area contributed by atoms with Crippen LogP contribution >= 0.6 is 15.9 Å². The van der Waals surface area contributed by atoms with Crippen LogP contribution in [0.1, 0.15) is 17.2 Å². The topological polar surface area (TPSA) is 47.3 Å². The fraction of sp³-hybridized carbons (Fsp3) is 0.143. The van der Waals surface area contributed by atoms with E-state index in [0.717, 1.165) is 15.6 Å². The highest BCUT2D eigenvalue weighted by molar-refractivity contribution is 9.10. The Morgan fingerprint density at radius 1 is 1.16 bits per heavy atom. The van der Waals surface area contributed by atoms with E-state index in [1.807, 2.05) is 24.3 Å². The molecule has 1 unspecified atom stereocenters. The molecular formula is C14H14BrFN2O. The summed E-state index contributed by atoms with van der Waals surface area (Å²) in [4.78, 5) is 0. The molecule has 3 nitrogen and oxygen atoms in total. The van der Waals surface area contributed by atoms with Crippen molar-refractivity contribution >= 4 is 15.9 Å². The van der Waals surface area contributed by atoms with Crippen molar-refractivity contribution in [2.24, 2.45) is 5.84 Å². The van der Waals surface area contributed by atoms with Crippen LogP contribution in [-0.2, 0) is 0 Å². The second-order valence-electron chi connectivity index (χ2n) is 4.05. The highest BCUT2D eigenvalue weighted by atomic mass is 79.9. The fourth-order valence-corrected chi connectivity index (χ4v) is 2.17. The highest BCUT2D eigenvalue weighted by Gasteiger charge is 2.14. The van der Waals surface area contributed by atoms with E-state index in [4.69, 9.17) is 10.6 Å². The van der Waals surface area contributed by atoms with Gasteiger partial charge in [-0.3, -0.25) is 5.84 Å². The van der Waals surface area contributed by atoms with Gasteiger partial charge in [-0.2, -0.15) is 0 Å². The Morgan fingerprint density at radius 3 is 2.32 bits per heavy atom. The number of ether oxygens (including phenoxy) is 1. The Labute approximate surface area is 119 Å². The number of benzene rings is 2. The molecule has 2 rings (SSSR count). The Morgan fingerprint density at radius 2 is 1.79 bits per heavy atom. The van der Waals surface area contributed by atoms with Crippen molar-refractivity contribution in [2.75, 3.05) is 7.11 Å². The van der Waals surface area contributed by atoms with Gasteiger partial charge in [0.2, 0.25) is 0 Å². The number of rotatable bonds is 4. The molecule has 0 aliphatic rings. The molecule has 0 heterocycles. The van der Waals surface area contributed by atoms with E-state index in [1.54, 1.807) is 12.1 Å². The Kier molecular flexibility index (Phi) is 4.52. The van der Waals surface area contributed by atoms with E-state index in [9.17, 15) is 4.39 Å². The van der Waals surface area contributed by atoms with Gasteiger partial charge in [-0.05, 0) is 35.4 Å². The summed E-state index contributed by atoms with van der Waals surface area (Å²) in [7, 11) is 1.44. The summed E-state index contributed by atoms with van der Waals surface area (Å²) < 4.78 is 19.6. The normalized spacial score (nSPS) is 12.2. The number of methoxy groups -OCH3 is 1. The minimum Gasteiger partial charge on any atom is -0.494 e. The maximum atomic E-state index is 13.7. The second-order valence-corrected chi connectivity index (χ2v) is 4.96. The summed E-state index contributed by atoms with van der Waals surface area (Å²) in [6.45, 7) is 0. The van der Waals surface area contributed by atoms with Gasteiger partial charge in [-0.15, -0.1) is 0 Å². The van der Waals surface area contributed by atoms with E-state index in [0.29, 0.717) is 0 Å². The van der Waals surface area contributed by atoms with Gasteiger partial charge in [0.05, 0.1) is 13.2 Å². The number of hydrogen-bond acceptors (Lipinski definition) is 3. The van der Waals surface area contributed by atoms with Gasteiger partial charge >= 0.3 is 0 Å². The van der Waals surface area contributed by atoms with Crippen molar-refractivity contribution in [2.45, 2.75) is 6.04 Å². The molecule has 19 heavy (non-hydrogen) atoms. The zero-order valence-corrected chi connectivity index (χ0v) is 11.9. The van der Waals surface area contributed by atoms with E-state index >= 15 is 0 Å². The number of halogens is 2. The van der Waals surface area contributed by atoms with Crippen molar-refractivity contribution in [3.63, 3.8) is 0 Å². The maximum Gasteiger partial charge on any atom is 0.165 e. The van der Waals surface area contributed by atoms with Gasteiger partial charge in [0.15, 0.2) is 11.6 Å². The first-order valence-corrected chi connectivity index (χ1v) is 6.50. The minimum atomic E-state index is -0.405. The van der Waals surface area contributed by atoms with Crippen molar-refractivity contribution in [3.8, 4) is 5.75 Å². The van der Waals surface area contributed by atoms with Crippen LogP contribution in [-0.4, -0.2) is 7.11 Å². The zero-order chi connectivity index (χ0) is 13.8. The Bertz CT molecular complexity index is 560. The fourth-order valence-electron chi connectivity index (χ4n) is 1.90. The van der Waals surface area contributed by atoms with E-state index in [2.05, 4.69) is 21.4 Å². The summed E-state index contributed by atoms with van der Waals surface area (Å²) in [5.74, 6) is 5.39. The molecule has 1 atom stereocenters. The molecule has 0 saturated heterocycles. The zero-order valence-electron chi connectivity index (χ0n) is 10.4. The molecule has 0 radical (unpaired) electrons. The molecule has 2 aromatic carbocycles. The quantitative estimate of drug-likeness (QED) is 0.671. The molecule has 0 aliphatic heterocycles. The van der Waals surface area contributed by atoms with Gasteiger partial charge in [-0.25, -0.2) is 9.82 Å². The lowest BCUT2D eigenvalue weighted by Crippen LogP contribution is -2.28. The average Bonchev–Trinajstić information content (AvgIpc) is 2.42. The standard InChI is InChI=1S/C14H14BrFN2O/c1-19-13-7-4-10(8-12(13)16)14(18-17)9-2-5-11(15)6-3-9/h2-8,14,18H,17H2,1H3. The molecule has 5 heteroatoms. The van der Waals surface area contributed by atoms with Crippen LogP contribution in [0, 0.1) is 5.82 Å². The van der Waals surface area contributed by atoms with Crippen molar-refractivity contribution < 1.29 is 9.13 Å².